The number of aromatic nitrogens is 2. The predicted octanol–water partition coefficient (Wildman–Crippen LogP) is 2.61. The van der Waals surface area contributed by atoms with Gasteiger partial charge in [-0.05, 0) is 30.8 Å². The molecule has 0 aromatic carbocycles. The third-order valence-electron chi connectivity index (χ3n) is 2.80. The van der Waals surface area contributed by atoms with E-state index in [0.29, 0.717) is 6.04 Å². The Morgan fingerprint density at radius 1 is 1.29 bits per heavy atom. The van der Waals surface area contributed by atoms with Crippen molar-refractivity contribution in [2.45, 2.75) is 32.2 Å². The zero-order valence-electron chi connectivity index (χ0n) is 10.3. The van der Waals surface area contributed by atoms with Crippen LogP contribution in [-0.2, 0) is 0 Å². The van der Waals surface area contributed by atoms with E-state index in [1.165, 1.54) is 24.3 Å². The summed E-state index contributed by atoms with van der Waals surface area (Å²) in [7, 11) is 0. The summed E-state index contributed by atoms with van der Waals surface area (Å²) < 4.78 is 0. The lowest BCUT2D eigenvalue weighted by atomic mass is 10.1. The van der Waals surface area contributed by atoms with E-state index in [-0.39, 0.29) is 0 Å². The molecule has 4 nitrogen and oxygen atoms in total. The summed E-state index contributed by atoms with van der Waals surface area (Å²) in [6.45, 7) is 3.10. The van der Waals surface area contributed by atoms with Crippen LogP contribution in [0.3, 0.4) is 0 Å². The van der Waals surface area contributed by atoms with Crippen LogP contribution in [0.15, 0.2) is 12.4 Å². The second-order valence-corrected chi connectivity index (χ2v) is 5.47. The number of nitrogens with zero attached hydrogens (tertiary/aromatic N) is 2. The predicted molar refractivity (Wildman–Crippen MR) is 74.8 cm³/mol. The van der Waals surface area contributed by atoms with Crippen molar-refractivity contribution >= 4 is 23.4 Å². The second-order valence-electron chi connectivity index (χ2n) is 4.25. The summed E-state index contributed by atoms with van der Waals surface area (Å²) in [5, 5.41) is 6.77. The molecule has 1 saturated heterocycles. The van der Waals surface area contributed by atoms with Gasteiger partial charge in [0.05, 0.1) is 0 Å². The summed E-state index contributed by atoms with van der Waals surface area (Å²) in [6, 6.07) is 2.57. The van der Waals surface area contributed by atoms with Gasteiger partial charge in [0.25, 0.3) is 0 Å². The van der Waals surface area contributed by atoms with E-state index in [9.17, 15) is 0 Å². The van der Waals surface area contributed by atoms with Crippen LogP contribution >= 0.6 is 11.8 Å². The van der Waals surface area contributed by atoms with Crippen LogP contribution in [0.25, 0.3) is 0 Å². The number of hydrogen-bond acceptors (Lipinski definition) is 5. The van der Waals surface area contributed by atoms with Gasteiger partial charge in [-0.25, -0.2) is 9.97 Å². The van der Waals surface area contributed by atoms with Gasteiger partial charge in [-0.1, -0.05) is 6.92 Å². The van der Waals surface area contributed by atoms with Crippen molar-refractivity contribution in [3.63, 3.8) is 0 Å². The third-order valence-corrected chi connectivity index (χ3v) is 3.85. The monoisotopic (exact) mass is 252 g/mol. The van der Waals surface area contributed by atoms with Gasteiger partial charge < -0.3 is 10.6 Å². The lowest BCUT2D eigenvalue weighted by molar-refractivity contribution is 0.663. The molecule has 0 amide bonds. The van der Waals surface area contributed by atoms with Crippen LogP contribution in [-0.4, -0.2) is 34.1 Å². The van der Waals surface area contributed by atoms with E-state index in [2.05, 4.69) is 27.5 Å². The molecule has 1 fully saturated rings. The molecule has 0 atom stereocenters. The Morgan fingerprint density at radius 2 is 2.06 bits per heavy atom. The SMILES string of the molecule is CCCNc1cc(NC2CCSCC2)ncn1. The zero-order valence-corrected chi connectivity index (χ0v) is 11.1. The Morgan fingerprint density at radius 3 is 2.82 bits per heavy atom. The normalized spacial score (nSPS) is 16.8. The highest BCUT2D eigenvalue weighted by molar-refractivity contribution is 7.99. The van der Waals surface area contributed by atoms with Gasteiger partial charge in [-0.2, -0.15) is 11.8 Å². The molecule has 0 spiro atoms. The summed E-state index contributed by atoms with van der Waals surface area (Å²) in [4.78, 5) is 8.48. The van der Waals surface area contributed by atoms with E-state index < -0.39 is 0 Å². The molecule has 17 heavy (non-hydrogen) atoms. The fraction of sp³-hybridized carbons (Fsp3) is 0.667. The number of hydrogen-bond donors (Lipinski definition) is 2. The molecule has 5 heteroatoms. The van der Waals surface area contributed by atoms with Crippen LogP contribution in [0.2, 0.25) is 0 Å². The minimum Gasteiger partial charge on any atom is -0.370 e. The largest absolute Gasteiger partial charge is 0.370 e. The average Bonchev–Trinajstić information content (AvgIpc) is 2.38. The Balaban J connectivity index is 1.90. The highest BCUT2D eigenvalue weighted by Gasteiger charge is 2.13. The van der Waals surface area contributed by atoms with Crippen molar-refractivity contribution in [1.82, 2.24) is 9.97 Å². The standard InChI is InChI=1S/C12H20N4S/c1-2-5-13-11-8-12(15-9-14-11)16-10-3-6-17-7-4-10/h8-10H,2-7H2,1H3,(H2,13,14,15,16). The van der Waals surface area contributed by atoms with Gasteiger partial charge in [-0.3, -0.25) is 0 Å². The second kappa shape index (κ2) is 6.69. The first kappa shape index (κ1) is 12.5. The van der Waals surface area contributed by atoms with Crippen LogP contribution < -0.4 is 10.6 Å². The number of nitrogens with one attached hydrogen (secondary N) is 2. The van der Waals surface area contributed by atoms with Crippen LogP contribution in [0.5, 0.6) is 0 Å². The lowest BCUT2D eigenvalue weighted by Gasteiger charge is -2.23. The molecular formula is C12H20N4S. The molecule has 1 aromatic heterocycles. The summed E-state index contributed by atoms with van der Waals surface area (Å²) in [5.74, 6) is 4.36. The van der Waals surface area contributed by atoms with E-state index in [4.69, 9.17) is 0 Å². The molecular weight excluding hydrogens is 232 g/mol. The van der Waals surface area contributed by atoms with Crippen LogP contribution in [0.4, 0.5) is 11.6 Å². The molecule has 0 unspecified atom stereocenters. The molecule has 2 N–H and O–H groups in total. The molecule has 1 aliphatic rings. The number of thioether (sulfide) groups is 1. The number of rotatable bonds is 5. The first-order valence-electron chi connectivity index (χ1n) is 6.28. The van der Waals surface area contributed by atoms with E-state index >= 15 is 0 Å². The highest BCUT2D eigenvalue weighted by atomic mass is 32.2. The third kappa shape index (κ3) is 4.07. The van der Waals surface area contributed by atoms with Crippen molar-refractivity contribution in [2.24, 2.45) is 0 Å². The molecule has 2 rings (SSSR count). The summed E-state index contributed by atoms with van der Waals surface area (Å²) >= 11 is 2.04. The minimum absolute atomic E-state index is 0.574. The number of anilines is 2. The van der Waals surface area contributed by atoms with Gasteiger partial charge in [0.2, 0.25) is 0 Å². The smallest absolute Gasteiger partial charge is 0.131 e. The van der Waals surface area contributed by atoms with E-state index in [0.717, 1.165) is 24.6 Å². The van der Waals surface area contributed by atoms with Gasteiger partial charge in [0.1, 0.15) is 18.0 Å². The van der Waals surface area contributed by atoms with Crippen molar-refractivity contribution in [2.75, 3.05) is 28.7 Å². The fourth-order valence-electron chi connectivity index (χ4n) is 1.84. The first-order valence-corrected chi connectivity index (χ1v) is 7.44. The maximum atomic E-state index is 4.27. The Labute approximate surface area is 107 Å². The van der Waals surface area contributed by atoms with E-state index in [1.54, 1.807) is 6.33 Å². The Bertz CT molecular complexity index is 339. The Kier molecular flexibility index (Phi) is 4.91. The maximum Gasteiger partial charge on any atom is 0.131 e. The maximum absolute atomic E-state index is 4.27. The zero-order chi connectivity index (χ0) is 11.9. The molecule has 2 heterocycles. The van der Waals surface area contributed by atoms with Crippen molar-refractivity contribution in [3.8, 4) is 0 Å². The lowest BCUT2D eigenvalue weighted by Crippen LogP contribution is -2.25. The average molecular weight is 252 g/mol. The van der Waals surface area contributed by atoms with Crippen LogP contribution in [0, 0.1) is 0 Å². The molecule has 0 aliphatic carbocycles. The molecule has 94 valence electrons. The molecule has 0 radical (unpaired) electrons. The van der Waals surface area contributed by atoms with Gasteiger partial charge >= 0.3 is 0 Å². The van der Waals surface area contributed by atoms with Crippen LogP contribution in [0.1, 0.15) is 26.2 Å². The van der Waals surface area contributed by atoms with E-state index in [1.807, 2.05) is 17.8 Å². The minimum atomic E-state index is 0.574. The molecule has 0 saturated carbocycles. The summed E-state index contributed by atoms with van der Waals surface area (Å²) in [6.07, 6.45) is 5.18. The Hall–Kier alpha value is -0.970. The first-order chi connectivity index (χ1) is 8.38. The van der Waals surface area contributed by atoms with Gasteiger partial charge in [-0.15, -0.1) is 0 Å². The fourth-order valence-corrected chi connectivity index (χ4v) is 2.94. The molecule has 1 aromatic rings. The summed E-state index contributed by atoms with van der Waals surface area (Å²) in [5.41, 5.74) is 0. The highest BCUT2D eigenvalue weighted by Crippen LogP contribution is 2.20. The molecule has 1 aliphatic heterocycles. The van der Waals surface area contributed by atoms with Gasteiger partial charge in [0, 0.05) is 18.7 Å². The van der Waals surface area contributed by atoms with Gasteiger partial charge in [0.15, 0.2) is 0 Å². The van der Waals surface area contributed by atoms with Crippen molar-refractivity contribution in [3.05, 3.63) is 12.4 Å². The van der Waals surface area contributed by atoms with Crippen molar-refractivity contribution in [1.29, 1.82) is 0 Å². The van der Waals surface area contributed by atoms with Crippen molar-refractivity contribution < 1.29 is 0 Å². The quantitative estimate of drug-likeness (QED) is 0.843. The topological polar surface area (TPSA) is 49.8 Å². The molecule has 0 bridgehead atoms.